The average molecular weight is 626 g/mol. The van der Waals surface area contributed by atoms with Gasteiger partial charge >= 0.3 is 0 Å². The molecule has 0 aliphatic heterocycles. The minimum atomic E-state index is 0.819. The Kier molecular flexibility index (Phi) is 5.38. The van der Waals surface area contributed by atoms with Crippen LogP contribution in [0.5, 0.6) is 0 Å². The highest BCUT2D eigenvalue weighted by Gasteiger charge is 2.21. The van der Waals surface area contributed by atoms with Crippen molar-refractivity contribution in [1.82, 2.24) is 4.57 Å². The molecule has 0 atom stereocenters. The molecular weight excluding hydrogens is 599 g/mol. The van der Waals surface area contributed by atoms with Gasteiger partial charge < -0.3 is 13.4 Å². The molecular formula is C46H27NO2. The minimum absolute atomic E-state index is 0.819. The Bertz CT molecular complexity index is 3050. The summed E-state index contributed by atoms with van der Waals surface area (Å²) in [6, 6.07) is 58.4. The third-order valence-electron chi connectivity index (χ3n) is 10.2. The van der Waals surface area contributed by atoms with Gasteiger partial charge in [-0.15, -0.1) is 0 Å². The van der Waals surface area contributed by atoms with E-state index in [0.29, 0.717) is 0 Å². The second-order valence-corrected chi connectivity index (χ2v) is 12.9. The van der Waals surface area contributed by atoms with Crippen LogP contribution in [-0.2, 0) is 0 Å². The first-order chi connectivity index (χ1) is 24.3. The number of hydrogen-bond acceptors (Lipinski definition) is 2. The molecule has 0 saturated carbocycles. The highest BCUT2D eigenvalue weighted by atomic mass is 16.3. The molecule has 0 bridgehead atoms. The van der Waals surface area contributed by atoms with Gasteiger partial charge in [0.15, 0.2) is 0 Å². The van der Waals surface area contributed by atoms with Crippen LogP contribution in [0.2, 0.25) is 0 Å². The topological polar surface area (TPSA) is 31.2 Å². The molecule has 8 aromatic carbocycles. The quantitative estimate of drug-likeness (QED) is 0.183. The lowest BCUT2D eigenvalue weighted by atomic mass is 9.87. The van der Waals surface area contributed by atoms with E-state index in [1.54, 1.807) is 0 Å². The van der Waals surface area contributed by atoms with Gasteiger partial charge in [0, 0.05) is 44.2 Å². The smallest absolute Gasteiger partial charge is 0.139 e. The molecule has 49 heavy (non-hydrogen) atoms. The van der Waals surface area contributed by atoms with Crippen molar-refractivity contribution in [1.29, 1.82) is 0 Å². The predicted molar refractivity (Wildman–Crippen MR) is 204 cm³/mol. The number of fused-ring (bicyclic) bond motifs is 9. The summed E-state index contributed by atoms with van der Waals surface area (Å²) in [4.78, 5) is 0. The van der Waals surface area contributed by atoms with Crippen LogP contribution in [0.3, 0.4) is 0 Å². The number of hydrogen-bond donors (Lipinski definition) is 0. The lowest BCUT2D eigenvalue weighted by Crippen LogP contribution is -1.93. The third kappa shape index (κ3) is 3.78. The van der Waals surface area contributed by atoms with E-state index >= 15 is 0 Å². The van der Waals surface area contributed by atoms with Crippen LogP contribution in [0.1, 0.15) is 0 Å². The first-order valence-corrected chi connectivity index (χ1v) is 16.7. The number of benzene rings is 8. The highest BCUT2D eigenvalue weighted by Crippen LogP contribution is 2.46. The van der Waals surface area contributed by atoms with Crippen molar-refractivity contribution in [2.45, 2.75) is 0 Å². The summed E-state index contributed by atoms with van der Waals surface area (Å²) in [6.45, 7) is 0. The molecule has 0 aliphatic rings. The SMILES string of the molecule is c1ccc(-n2c3ccccc3c3cc(-c4c5ccccc5c(-c5cc6cc7c(cc6o5)oc5ccccc57)c5ccccc45)ccc32)cc1. The van der Waals surface area contributed by atoms with Crippen LogP contribution in [0.15, 0.2) is 173 Å². The molecule has 0 saturated heterocycles. The average Bonchev–Trinajstić information content (AvgIpc) is 3.84. The van der Waals surface area contributed by atoms with Gasteiger partial charge in [-0.25, -0.2) is 0 Å². The van der Waals surface area contributed by atoms with E-state index < -0.39 is 0 Å². The normalized spacial score (nSPS) is 12.1. The van der Waals surface area contributed by atoms with E-state index in [4.69, 9.17) is 8.83 Å². The van der Waals surface area contributed by atoms with Crippen molar-refractivity contribution in [3.05, 3.63) is 164 Å². The fourth-order valence-electron chi connectivity index (χ4n) is 8.07. The van der Waals surface area contributed by atoms with E-state index in [-0.39, 0.29) is 0 Å². The molecule has 0 radical (unpaired) electrons. The Labute approximate surface area is 280 Å². The standard InChI is InChI=1S/C46H27NO2/c1-2-12-30(13-3-1)47-39-20-10-8-14-31(39)37-24-28(22-23-40(37)47)45-33-16-4-6-18-35(33)46(36-19-7-5-17-34(36)45)44-26-29-25-38-32-15-9-11-21-41(32)48-43(38)27-42(29)49-44/h1-27H. The van der Waals surface area contributed by atoms with Crippen LogP contribution in [0, 0.1) is 0 Å². The molecule has 0 spiro atoms. The number of para-hydroxylation sites is 3. The number of rotatable bonds is 3. The zero-order valence-electron chi connectivity index (χ0n) is 26.4. The summed E-state index contributed by atoms with van der Waals surface area (Å²) in [5, 5.41) is 10.5. The summed E-state index contributed by atoms with van der Waals surface area (Å²) in [5.41, 5.74) is 9.64. The monoisotopic (exact) mass is 625 g/mol. The maximum atomic E-state index is 6.71. The van der Waals surface area contributed by atoms with Crippen molar-refractivity contribution < 1.29 is 8.83 Å². The van der Waals surface area contributed by atoms with Gasteiger partial charge in [-0.2, -0.15) is 0 Å². The molecule has 11 aromatic rings. The van der Waals surface area contributed by atoms with Gasteiger partial charge in [0.1, 0.15) is 22.5 Å². The van der Waals surface area contributed by atoms with Crippen molar-refractivity contribution in [3.8, 4) is 28.1 Å². The van der Waals surface area contributed by atoms with Crippen molar-refractivity contribution in [2.24, 2.45) is 0 Å². The molecule has 0 aliphatic carbocycles. The molecule has 0 N–H and O–H groups in total. The molecule has 3 nitrogen and oxygen atoms in total. The van der Waals surface area contributed by atoms with Crippen LogP contribution < -0.4 is 0 Å². The van der Waals surface area contributed by atoms with Gasteiger partial charge in [-0.3, -0.25) is 0 Å². The van der Waals surface area contributed by atoms with Crippen LogP contribution in [0.4, 0.5) is 0 Å². The predicted octanol–water partition coefficient (Wildman–Crippen LogP) is 13.1. The second kappa shape index (κ2) is 9.96. The zero-order valence-corrected chi connectivity index (χ0v) is 26.4. The van der Waals surface area contributed by atoms with Crippen LogP contribution in [0.25, 0.3) is 104 Å². The Morgan fingerprint density at radius 1 is 0.347 bits per heavy atom. The Hall–Kier alpha value is -6.58. The van der Waals surface area contributed by atoms with E-state index in [9.17, 15) is 0 Å². The van der Waals surface area contributed by atoms with Crippen molar-refractivity contribution >= 4 is 76.3 Å². The molecule has 3 heteroatoms. The van der Waals surface area contributed by atoms with Crippen LogP contribution >= 0.6 is 0 Å². The molecule has 3 aromatic heterocycles. The largest absolute Gasteiger partial charge is 0.456 e. The maximum Gasteiger partial charge on any atom is 0.139 e. The van der Waals surface area contributed by atoms with E-state index in [2.05, 4.69) is 150 Å². The van der Waals surface area contributed by atoms with Gasteiger partial charge in [0.25, 0.3) is 0 Å². The van der Waals surface area contributed by atoms with Crippen molar-refractivity contribution in [2.75, 3.05) is 0 Å². The summed E-state index contributed by atoms with van der Waals surface area (Å²) >= 11 is 0. The highest BCUT2D eigenvalue weighted by molar-refractivity contribution is 6.22. The summed E-state index contributed by atoms with van der Waals surface area (Å²) in [5.74, 6) is 0.854. The molecule has 0 fully saturated rings. The summed E-state index contributed by atoms with van der Waals surface area (Å²) < 4.78 is 15.3. The van der Waals surface area contributed by atoms with E-state index in [1.165, 1.54) is 43.7 Å². The second-order valence-electron chi connectivity index (χ2n) is 12.9. The third-order valence-corrected chi connectivity index (χ3v) is 10.2. The van der Waals surface area contributed by atoms with Crippen LogP contribution in [-0.4, -0.2) is 4.57 Å². The fourth-order valence-corrected chi connectivity index (χ4v) is 8.07. The summed E-state index contributed by atoms with van der Waals surface area (Å²) in [7, 11) is 0. The zero-order chi connectivity index (χ0) is 32.1. The van der Waals surface area contributed by atoms with Gasteiger partial charge in [0.05, 0.1) is 11.0 Å². The number of aromatic nitrogens is 1. The minimum Gasteiger partial charge on any atom is -0.456 e. The summed E-state index contributed by atoms with van der Waals surface area (Å²) in [6.07, 6.45) is 0. The van der Waals surface area contributed by atoms with Gasteiger partial charge in [0.2, 0.25) is 0 Å². The lowest BCUT2D eigenvalue weighted by molar-refractivity contribution is 0.629. The Balaban J connectivity index is 1.17. The van der Waals surface area contributed by atoms with Gasteiger partial charge in [-0.05, 0) is 81.2 Å². The molecule has 0 unspecified atom stereocenters. The maximum absolute atomic E-state index is 6.71. The van der Waals surface area contributed by atoms with Crippen molar-refractivity contribution in [3.63, 3.8) is 0 Å². The molecule has 11 rings (SSSR count). The molecule has 3 heterocycles. The number of nitrogens with zero attached hydrogens (tertiary/aromatic N) is 1. The lowest BCUT2D eigenvalue weighted by Gasteiger charge is -2.16. The van der Waals surface area contributed by atoms with E-state index in [0.717, 1.165) is 60.7 Å². The van der Waals surface area contributed by atoms with Gasteiger partial charge in [-0.1, -0.05) is 109 Å². The number of furan rings is 2. The Morgan fingerprint density at radius 3 is 1.71 bits per heavy atom. The molecule has 0 amide bonds. The molecule has 228 valence electrons. The first-order valence-electron chi connectivity index (χ1n) is 16.7. The fraction of sp³-hybridized carbons (Fsp3) is 0. The first kappa shape index (κ1) is 26.5. The van der Waals surface area contributed by atoms with E-state index in [1.807, 2.05) is 18.2 Å². The Morgan fingerprint density at radius 2 is 0.959 bits per heavy atom.